The predicted molar refractivity (Wildman–Crippen MR) is 132 cm³/mol. The number of nitro benzene ring substituents is 1. The largest absolute Gasteiger partial charge is 0.508 e. The van der Waals surface area contributed by atoms with Gasteiger partial charge in [0.05, 0.1) is 22.0 Å². The van der Waals surface area contributed by atoms with Crippen LogP contribution in [0, 0.1) is 10.1 Å². The third-order valence-electron chi connectivity index (χ3n) is 5.08. The summed E-state index contributed by atoms with van der Waals surface area (Å²) in [6.07, 6.45) is 0. The van der Waals surface area contributed by atoms with Gasteiger partial charge >= 0.3 is 5.56 Å². The number of aromatic nitrogens is 3. The minimum Gasteiger partial charge on any atom is -0.508 e. The first-order valence-corrected chi connectivity index (χ1v) is 11.2. The highest BCUT2D eigenvalue weighted by molar-refractivity contribution is 7.12. The molecule has 35 heavy (non-hydrogen) atoms. The quantitative estimate of drug-likeness (QED) is 0.173. The van der Waals surface area contributed by atoms with Gasteiger partial charge in [-0.3, -0.25) is 20.0 Å². The van der Waals surface area contributed by atoms with Gasteiger partial charge in [0.2, 0.25) is 5.13 Å². The number of aromatic amines is 1. The van der Waals surface area contributed by atoms with Crippen LogP contribution in [0.2, 0.25) is 0 Å². The molecule has 2 aromatic heterocycles. The van der Waals surface area contributed by atoms with Crippen molar-refractivity contribution in [3.63, 3.8) is 0 Å². The second kappa shape index (κ2) is 9.15. The van der Waals surface area contributed by atoms with E-state index in [0.29, 0.717) is 27.8 Å². The molecule has 0 aliphatic carbocycles. The monoisotopic (exact) mass is 484 g/mol. The lowest BCUT2D eigenvalue weighted by molar-refractivity contribution is -0.384. The van der Waals surface area contributed by atoms with Crippen molar-refractivity contribution in [1.29, 1.82) is 0 Å². The van der Waals surface area contributed by atoms with Crippen molar-refractivity contribution >= 4 is 28.4 Å². The van der Waals surface area contributed by atoms with Crippen LogP contribution in [0.25, 0.3) is 27.6 Å². The molecule has 3 aromatic carbocycles. The first-order valence-electron chi connectivity index (χ1n) is 10.3. The van der Waals surface area contributed by atoms with E-state index in [1.54, 1.807) is 12.1 Å². The number of thiazole rings is 1. The smallest absolute Gasteiger partial charge is 0.301 e. The third kappa shape index (κ3) is 4.48. The maximum Gasteiger partial charge on any atom is 0.301 e. The number of nitrogens with one attached hydrogen (secondary N) is 1. The Hall–Kier alpha value is -4.90. The predicted octanol–water partition coefficient (Wildman–Crippen LogP) is 5.99. The van der Waals surface area contributed by atoms with Crippen molar-refractivity contribution in [3.8, 4) is 33.4 Å². The van der Waals surface area contributed by atoms with Crippen molar-refractivity contribution in [1.82, 2.24) is 14.8 Å². The Kier molecular flexibility index (Phi) is 5.73. The molecule has 2 heterocycles. The van der Waals surface area contributed by atoms with Crippen LogP contribution in [-0.2, 0) is 0 Å². The van der Waals surface area contributed by atoms with Gasteiger partial charge in [0.25, 0.3) is 5.69 Å². The number of nitro groups is 1. The standard InChI is InChI=1S/C24H16N6O4S/c31-19-8-4-7-17(13-19)26-27-22-21(16-9-11-18(12-10-16)30(33)34)28-29(23(22)32)24-25-20(14-35-24)15-5-2-1-3-6-15/h1-14,28,31H. The fourth-order valence-corrected chi connectivity index (χ4v) is 4.17. The number of phenols is 1. The zero-order chi connectivity index (χ0) is 24.4. The first kappa shape index (κ1) is 21.9. The highest BCUT2D eigenvalue weighted by atomic mass is 32.1. The molecule has 0 spiro atoms. The van der Waals surface area contributed by atoms with Crippen LogP contribution in [0.5, 0.6) is 5.75 Å². The van der Waals surface area contributed by atoms with E-state index in [2.05, 4.69) is 20.3 Å². The summed E-state index contributed by atoms with van der Waals surface area (Å²) in [5.41, 5.74) is 2.25. The van der Waals surface area contributed by atoms with Crippen LogP contribution in [0.4, 0.5) is 17.1 Å². The summed E-state index contributed by atoms with van der Waals surface area (Å²) in [5.74, 6) is 0.0137. The summed E-state index contributed by atoms with van der Waals surface area (Å²) in [6, 6.07) is 21.5. The van der Waals surface area contributed by atoms with Gasteiger partial charge in [-0.1, -0.05) is 36.4 Å². The lowest BCUT2D eigenvalue weighted by atomic mass is 10.1. The zero-order valence-corrected chi connectivity index (χ0v) is 18.7. The summed E-state index contributed by atoms with van der Waals surface area (Å²) in [7, 11) is 0. The molecule has 5 rings (SSSR count). The summed E-state index contributed by atoms with van der Waals surface area (Å²) in [4.78, 5) is 28.5. The van der Waals surface area contributed by atoms with E-state index >= 15 is 0 Å². The average Bonchev–Trinajstić information content (AvgIpc) is 3.48. The van der Waals surface area contributed by atoms with E-state index in [4.69, 9.17) is 0 Å². The molecule has 5 aromatic rings. The molecule has 2 N–H and O–H groups in total. The molecule has 0 unspecified atom stereocenters. The number of azo groups is 1. The summed E-state index contributed by atoms with van der Waals surface area (Å²) in [5, 5.41) is 34.2. The van der Waals surface area contributed by atoms with Gasteiger partial charge in [-0.15, -0.1) is 16.5 Å². The zero-order valence-electron chi connectivity index (χ0n) is 17.9. The van der Waals surface area contributed by atoms with Crippen molar-refractivity contribution in [2.45, 2.75) is 0 Å². The van der Waals surface area contributed by atoms with Crippen molar-refractivity contribution in [3.05, 3.63) is 105 Å². The van der Waals surface area contributed by atoms with Crippen LogP contribution in [0.3, 0.4) is 0 Å². The Morgan fingerprint density at radius 3 is 2.46 bits per heavy atom. The number of hydrogen-bond acceptors (Lipinski definition) is 8. The fourth-order valence-electron chi connectivity index (χ4n) is 3.38. The van der Waals surface area contributed by atoms with Crippen molar-refractivity contribution in [2.75, 3.05) is 0 Å². The van der Waals surface area contributed by atoms with Crippen LogP contribution in [0.1, 0.15) is 0 Å². The highest BCUT2D eigenvalue weighted by Crippen LogP contribution is 2.31. The van der Waals surface area contributed by atoms with Gasteiger partial charge in [-0.25, -0.2) is 4.98 Å². The molecule has 0 amide bonds. The van der Waals surface area contributed by atoms with E-state index < -0.39 is 10.5 Å². The normalized spacial score (nSPS) is 11.2. The molecule has 10 nitrogen and oxygen atoms in total. The average molecular weight is 484 g/mol. The minimum absolute atomic E-state index is 0.00124. The Morgan fingerprint density at radius 2 is 1.74 bits per heavy atom. The van der Waals surface area contributed by atoms with Crippen LogP contribution < -0.4 is 5.56 Å². The maximum atomic E-state index is 13.4. The third-order valence-corrected chi connectivity index (χ3v) is 5.91. The Morgan fingerprint density at radius 1 is 0.971 bits per heavy atom. The van der Waals surface area contributed by atoms with Gasteiger partial charge in [0.1, 0.15) is 5.75 Å². The van der Waals surface area contributed by atoms with Crippen LogP contribution in [-0.4, -0.2) is 24.8 Å². The van der Waals surface area contributed by atoms with Crippen molar-refractivity contribution < 1.29 is 10.0 Å². The van der Waals surface area contributed by atoms with E-state index in [0.717, 1.165) is 5.56 Å². The van der Waals surface area contributed by atoms with Gasteiger partial charge in [0, 0.05) is 34.7 Å². The summed E-state index contributed by atoms with van der Waals surface area (Å²) in [6.45, 7) is 0. The highest BCUT2D eigenvalue weighted by Gasteiger charge is 2.20. The maximum absolute atomic E-state index is 13.4. The van der Waals surface area contributed by atoms with E-state index in [1.165, 1.54) is 52.4 Å². The number of benzene rings is 3. The summed E-state index contributed by atoms with van der Waals surface area (Å²) < 4.78 is 1.27. The Labute approximate surface area is 201 Å². The van der Waals surface area contributed by atoms with Crippen molar-refractivity contribution in [2.24, 2.45) is 10.2 Å². The Bertz CT molecular complexity index is 1600. The lowest BCUT2D eigenvalue weighted by Gasteiger charge is -2.00. The van der Waals surface area contributed by atoms with Gasteiger partial charge in [-0.2, -0.15) is 9.80 Å². The molecule has 0 saturated carbocycles. The summed E-state index contributed by atoms with van der Waals surface area (Å²) >= 11 is 1.28. The van der Waals surface area contributed by atoms with Gasteiger partial charge in [0.15, 0.2) is 5.69 Å². The number of non-ortho nitro benzene ring substituents is 1. The molecule has 0 atom stereocenters. The van der Waals surface area contributed by atoms with E-state index in [-0.39, 0.29) is 17.1 Å². The number of H-pyrrole nitrogens is 1. The van der Waals surface area contributed by atoms with E-state index in [9.17, 15) is 20.0 Å². The first-order chi connectivity index (χ1) is 17.0. The molecule has 0 saturated heterocycles. The topological polar surface area (TPSA) is 139 Å². The second-order valence-corrected chi connectivity index (χ2v) is 8.22. The number of rotatable bonds is 6. The molecule has 0 fully saturated rings. The second-order valence-electron chi connectivity index (χ2n) is 7.38. The molecule has 172 valence electrons. The van der Waals surface area contributed by atoms with Crippen LogP contribution >= 0.6 is 11.3 Å². The van der Waals surface area contributed by atoms with E-state index in [1.807, 2.05) is 35.7 Å². The molecule has 0 aliphatic heterocycles. The number of hydrogen-bond donors (Lipinski definition) is 2. The number of phenolic OH excluding ortho intramolecular Hbond substituents is 1. The van der Waals surface area contributed by atoms with Gasteiger partial charge < -0.3 is 5.11 Å². The Balaban J connectivity index is 1.61. The molecule has 0 aliphatic rings. The molecular formula is C24H16N6O4S. The SMILES string of the molecule is O=c1c(N=Nc2cccc(O)c2)c(-c2ccc([N+](=O)[O-])cc2)[nH]n1-c1nc(-c2ccccc2)cs1. The van der Waals surface area contributed by atoms with Crippen LogP contribution in [0.15, 0.2) is 99.3 Å². The molecule has 0 bridgehead atoms. The molecule has 0 radical (unpaired) electrons. The number of nitrogens with zero attached hydrogens (tertiary/aromatic N) is 5. The fraction of sp³-hybridized carbons (Fsp3) is 0. The van der Waals surface area contributed by atoms with Gasteiger partial charge in [-0.05, 0) is 24.3 Å². The minimum atomic E-state index is -0.499. The lowest BCUT2D eigenvalue weighted by Crippen LogP contribution is -2.13. The number of aromatic hydroxyl groups is 1. The molecular weight excluding hydrogens is 468 g/mol. The molecule has 11 heteroatoms.